The molecular weight excluding hydrogens is 152 g/mol. The molecule has 6 heteroatoms. The van der Waals surface area contributed by atoms with Crippen molar-refractivity contribution in [2.24, 2.45) is 11.8 Å². The van der Waals surface area contributed by atoms with Crippen molar-refractivity contribution in [3.63, 3.8) is 0 Å². The predicted octanol–water partition coefficient (Wildman–Crippen LogP) is 0.276. The third-order valence-corrected chi connectivity index (χ3v) is 2.92. The van der Waals surface area contributed by atoms with E-state index < -0.39 is 15.5 Å². The summed E-state index contributed by atoms with van der Waals surface area (Å²) >= 11 is 0. The van der Waals surface area contributed by atoms with Gasteiger partial charge in [0.2, 0.25) is 0 Å². The molecular formula is C5H6N2O4. The van der Waals surface area contributed by atoms with E-state index in [1.54, 1.807) is 0 Å². The molecule has 0 spiro atoms. The van der Waals surface area contributed by atoms with Gasteiger partial charge in [0.1, 0.15) is 11.8 Å². The predicted molar refractivity (Wildman–Crippen MR) is 32.9 cm³/mol. The molecule has 60 valence electrons. The lowest BCUT2D eigenvalue weighted by Gasteiger charge is -2.52. The van der Waals surface area contributed by atoms with Crippen LogP contribution in [0.5, 0.6) is 0 Å². The lowest BCUT2D eigenvalue weighted by Crippen LogP contribution is -2.74. The maximum atomic E-state index is 10.3. The average Bonchev–Trinajstić information content (AvgIpc) is 1.50. The Morgan fingerprint density at radius 3 is 1.45 bits per heavy atom. The molecule has 2 bridgehead atoms. The first-order valence-electron chi connectivity index (χ1n) is 3.39. The van der Waals surface area contributed by atoms with Crippen molar-refractivity contribution in [3.05, 3.63) is 20.2 Å². The Hall–Kier alpha value is -1.20. The van der Waals surface area contributed by atoms with Gasteiger partial charge in [0, 0.05) is 0 Å². The van der Waals surface area contributed by atoms with E-state index in [2.05, 4.69) is 0 Å². The van der Waals surface area contributed by atoms with Crippen molar-refractivity contribution in [1.29, 1.82) is 0 Å². The Morgan fingerprint density at radius 2 is 1.45 bits per heavy atom. The molecule has 0 heterocycles. The summed E-state index contributed by atoms with van der Waals surface area (Å²) in [4.78, 5) is 19.2. The molecule has 3 fully saturated rings. The van der Waals surface area contributed by atoms with Crippen LogP contribution in [0.25, 0.3) is 0 Å². The monoisotopic (exact) mass is 158 g/mol. The topological polar surface area (TPSA) is 86.3 Å². The molecule has 0 amide bonds. The van der Waals surface area contributed by atoms with Crippen LogP contribution in [-0.4, -0.2) is 15.5 Å². The average molecular weight is 158 g/mol. The van der Waals surface area contributed by atoms with Gasteiger partial charge in [0.15, 0.2) is 0 Å². The Labute approximate surface area is 61.5 Å². The fourth-order valence-corrected chi connectivity index (χ4v) is 1.99. The van der Waals surface area contributed by atoms with Gasteiger partial charge in [-0.1, -0.05) is 0 Å². The zero-order chi connectivity index (χ0) is 8.22. The molecule has 3 aliphatic carbocycles. The number of hydrogen-bond acceptors (Lipinski definition) is 4. The zero-order valence-electron chi connectivity index (χ0n) is 5.60. The van der Waals surface area contributed by atoms with E-state index >= 15 is 0 Å². The number of nitrogens with zero attached hydrogens (tertiary/aromatic N) is 2. The highest BCUT2D eigenvalue weighted by atomic mass is 16.7. The molecule has 0 aromatic heterocycles. The van der Waals surface area contributed by atoms with Gasteiger partial charge < -0.3 is 0 Å². The lowest BCUT2D eigenvalue weighted by molar-refractivity contribution is -0.854. The molecule has 3 rings (SSSR count). The fourth-order valence-electron chi connectivity index (χ4n) is 1.99. The molecule has 0 saturated heterocycles. The molecule has 3 saturated carbocycles. The van der Waals surface area contributed by atoms with Gasteiger partial charge in [-0.15, -0.1) is 0 Å². The maximum absolute atomic E-state index is 10.3. The first-order chi connectivity index (χ1) is 5.10. The van der Waals surface area contributed by atoms with Gasteiger partial charge in [-0.2, -0.15) is 0 Å². The van der Waals surface area contributed by atoms with Crippen LogP contribution in [0.15, 0.2) is 0 Å². The highest BCUT2D eigenvalue weighted by Gasteiger charge is 2.85. The van der Waals surface area contributed by atoms with Crippen LogP contribution in [0.3, 0.4) is 0 Å². The molecule has 3 aliphatic rings. The van der Waals surface area contributed by atoms with E-state index in [1.165, 1.54) is 0 Å². The summed E-state index contributed by atoms with van der Waals surface area (Å²) < 4.78 is 0. The van der Waals surface area contributed by atoms with Crippen molar-refractivity contribution in [2.45, 2.75) is 18.5 Å². The Morgan fingerprint density at radius 1 is 1.09 bits per heavy atom. The Kier molecular flexibility index (Phi) is 0.896. The lowest BCUT2D eigenvalue weighted by atomic mass is 9.47. The standard InChI is InChI=1S/C5H6N2O4/c8-6(9)5(7(10)11)3-1-4(5)2-3/h3-4H,1-2H2. The van der Waals surface area contributed by atoms with Crippen LogP contribution in [0, 0.1) is 32.1 Å². The maximum Gasteiger partial charge on any atom is 0.463 e. The van der Waals surface area contributed by atoms with Gasteiger partial charge in [0.05, 0.1) is 9.85 Å². The van der Waals surface area contributed by atoms with Gasteiger partial charge in [-0.25, -0.2) is 0 Å². The summed E-state index contributed by atoms with van der Waals surface area (Å²) in [7, 11) is 0. The summed E-state index contributed by atoms with van der Waals surface area (Å²) in [6.07, 6.45) is 1.34. The van der Waals surface area contributed by atoms with Crippen LogP contribution < -0.4 is 0 Å². The van der Waals surface area contributed by atoms with Crippen molar-refractivity contribution < 1.29 is 9.85 Å². The second kappa shape index (κ2) is 1.51. The van der Waals surface area contributed by atoms with Crippen molar-refractivity contribution in [3.8, 4) is 0 Å². The second-order valence-electron chi connectivity index (χ2n) is 3.16. The Balaban J connectivity index is 2.31. The van der Waals surface area contributed by atoms with Crippen LogP contribution in [0.2, 0.25) is 0 Å². The first-order valence-corrected chi connectivity index (χ1v) is 3.39. The van der Waals surface area contributed by atoms with Crippen molar-refractivity contribution in [1.82, 2.24) is 0 Å². The number of hydrogen-bond donors (Lipinski definition) is 0. The minimum Gasteiger partial charge on any atom is -0.258 e. The van der Waals surface area contributed by atoms with Crippen LogP contribution >= 0.6 is 0 Å². The van der Waals surface area contributed by atoms with E-state index in [1.807, 2.05) is 0 Å². The molecule has 0 aromatic rings. The summed E-state index contributed by atoms with van der Waals surface area (Å²) in [5.74, 6) is -0.588. The highest BCUT2D eigenvalue weighted by molar-refractivity contribution is 5.08. The van der Waals surface area contributed by atoms with Gasteiger partial charge >= 0.3 is 5.66 Å². The molecule has 0 aliphatic heterocycles. The molecule has 0 atom stereocenters. The minimum atomic E-state index is -1.78. The summed E-state index contributed by atoms with van der Waals surface area (Å²) in [6, 6.07) is 0. The van der Waals surface area contributed by atoms with E-state index in [-0.39, 0.29) is 11.8 Å². The van der Waals surface area contributed by atoms with Crippen LogP contribution in [0.1, 0.15) is 12.8 Å². The summed E-state index contributed by atoms with van der Waals surface area (Å²) in [6.45, 7) is 0. The Bertz CT molecular complexity index is 221. The molecule has 11 heavy (non-hydrogen) atoms. The SMILES string of the molecule is O=[N+]([O-])C1([N+](=O)[O-])C2CC1C2. The summed E-state index contributed by atoms with van der Waals surface area (Å²) in [5, 5.41) is 20.7. The van der Waals surface area contributed by atoms with E-state index in [0.29, 0.717) is 12.8 Å². The van der Waals surface area contributed by atoms with E-state index in [4.69, 9.17) is 0 Å². The molecule has 0 N–H and O–H groups in total. The third-order valence-electron chi connectivity index (χ3n) is 2.92. The fraction of sp³-hybridized carbons (Fsp3) is 1.00. The minimum absolute atomic E-state index is 0.294. The quantitative estimate of drug-likeness (QED) is 0.328. The van der Waals surface area contributed by atoms with Gasteiger partial charge in [-0.3, -0.25) is 20.2 Å². The third kappa shape index (κ3) is 0.429. The van der Waals surface area contributed by atoms with Crippen LogP contribution in [-0.2, 0) is 0 Å². The highest BCUT2D eigenvalue weighted by Crippen LogP contribution is 2.63. The summed E-state index contributed by atoms with van der Waals surface area (Å²) in [5.41, 5.74) is -1.78. The molecule has 0 radical (unpaired) electrons. The van der Waals surface area contributed by atoms with E-state index in [0.717, 1.165) is 0 Å². The van der Waals surface area contributed by atoms with Gasteiger partial charge in [-0.05, 0) is 12.8 Å². The van der Waals surface area contributed by atoms with Gasteiger partial charge in [0.25, 0.3) is 0 Å². The largest absolute Gasteiger partial charge is 0.463 e. The second-order valence-corrected chi connectivity index (χ2v) is 3.16. The number of rotatable bonds is 2. The zero-order valence-corrected chi connectivity index (χ0v) is 5.60. The molecule has 6 nitrogen and oxygen atoms in total. The van der Waals surface area contributed by atoms with E-state index in [9.17, 15) is 20.2 Å². The smallest absolute Gasteiger partial charge is 0.258 e. The molecule has 0 aromatic carbocycles. The van der Waals surface area contributed by atoms with Crippen molar-refractivity contribution in [2.75, 3.05) is 0 Å². The van der Waals surface area contributed by atoms with Crippen LogP contribution in [0.4, 0.5) is 0 Å². The normalized spacial score (nSPS) is 36.7. The molecule has 0 unspecified atom stereocenters. The van der Waals surface area contributed by atoms with Crippen molar-refractivity contribution >= 4 is 0 Å². The first kappa shape index (κ1) is 6.51. The number of nitro groups is 2.